The van der Waals surface area contributed by atoms with E-state index in [2.05, 4.69) is 31.0 Å². The van der Waals surface area contributed by atoms with Gasteiger partial charge in [0.25, 0.3) is 0 Å². The molecule has 4 heteroatoms. The first-order valence-corrected chi connectivity index (χ1v) is 8.57. The van der Waals surface area contributed by atoms with E-state index in [0.29, 0.717) is 18.4 Å². The Hall–Kier alpha value is -0.610. The number of nitrogens with zero attached hydrogens (tertiary/aromatic N) is 1. The van der Waals surface area contributed by atoms with Crippen molar-refractivity contribution in [1.82, 2.24) is 10.2 Å². The number of unbranched alkanes of at least 4 members (excludes halogenated alkanes) is 1. The minimum Gasteiger partial charge on any atom is -0.469 e. The average molecular weight is 298 g/mol. The average Bonchev–Trinajstić information content (AvgIpc) is 2.44. The molecule has 2 unspecified atom stereocenters. The van der Waals surface area contributed by atoms with Crippen LogP contribution in [0.15, 0.2) is 0 Å². The highest BCUT2D eigenvalue weighted by molar-refractivity contribution is 5.69. The van der Waals surface area contributed by atoms with Crippen LogP contribution in [0.25, 0.3) is 0 Å². The van der Waals surface area contributed by atoms with Gasteiger partial charge in [-0.25, -0.2) is 0 Å². The lowest BCUT2D eigenvalue weighted by Gasteiger charge is -2.38. The number of methoxy groups -OCH3 is 1. The Balaban J connectivity index is 2.46. The molecule has 1 aliphatic rings. The van der Waals surface area contributed by atoms with Gasteiger partial charge in [0.05, 0.1) is 7.11 Å². The predicted octanol–water partition coefficient (Wildman–Crippen LogP) is 2.68. The van der Waals surface area contributed by atoms with Crippen LogP contribution in [0.2, 0.25) is 0 Å². The quantitative estimate of drug-likeness (QED) is 0.665. The zero-order valence-corrected chi connectivity index (χ0v) is 14.4. The molecule has 0 aromatic carbocycles. The minimum atomic E-state index is -0.0710. The molecule has 1 saturated heterocycles. The monoisotopic (exact) mass is 298 g/mol. The van der Waals surface area contributed by atoms with Crippen molar-refractivity contribution in [2.24, 2.45) is 11.8 Å². The molecule has 0 bridgehead atoms. The summed E-state index contributed by atoms with van der Waals surface area (Å²) in [6.45, 7) is 11.1. The molecule has 0 amide bonds. The van der Waals surface area contributed by atoms with Crippen molar-refractivity contribution in [3.8, 4) is 0 Å². The Kier molecular flexibility index (Phi) is 8.93. The van der Waals surface area contributed by atoms with Crippen molar-refractivity contribution in [3.63, 3.8) is 0 Å². The summed E-state index contributed by atoms with van der Waals surface area (Å²) in [6, 6.07) is 0.518. The molecule has 0 saturated carbocycles. The molecule has 21 heavy (non-hydrogen) atoms. The molecule has 0 spiro atoms. The number of carbonyl (C=O) groups excluding carboxylic acids is 1. The molecule has 1 rings (SSSR count). The van der Waals surface area contributed by atoms with Crippen LogP contribution in [-0.4, -0.2) is 50.2 Å². The van der Waals surface area contributed by atoms with Gasteiger partial charge in [0, 0.05) is 25.6 Å². The van der Waals surface area contributed by atoms with Crippen LogP contribution in [-0.2, 0) is 9.53 Å². The van der Waals surface area contributed by atoms with Gasteiger partial charge in [-0.05, 0) is 44.2 Å². The first-order valence-electron chi connectivity index (χ1n) is 8.57. The normalized spacial score (nSPS) is 23.5. The van der Waals surface area contributed by atoms with Crippen molar-refractivity contribution in [2.75, 3.05) is 33.3 Å². The number of piperidine rings is 1. The molecule has 0 aliphatic carbocycles. The molecule has 0 aromatic heterocycles. The van der Waals surface area contributed by atoms with Gasteiger partial charge in [-0.2, -0.15) is 0 Å². The molecule has 1 fully saturated rings. The molecule has 1 N–H and O–H groups in total. The fourth-order valence-electron chi connectivity index (χ4n) is 3.06. The standard InChI is InChI=1S/C17H34N2O2/c1-5-6-9-19-12-15(11-17(20)21-4)10-16(13-19)18-8-7-14(2)3/h14-16,18H,5-13H2,1-4H3. The minimum absolute atomic E-state index is 0.0710. The van der Waals surface area contributed by atoms with Gasteiger partial charge in [-0.1, -0.05) is 27.2 Å². The fraction of sp³-hybridized carbons (Fsp3) is 0.941. The predicted molar refractivity (Wildman–Crippen MR) is 87.3 cm³/mol. The van der Waals surface area contributed by atoms with E-state index in [0.717, 1.165) is 38.5 Å². The zero-order chi connectivity index (χ0) is 15.7. The van der Waals surface area contributed by atoms with Crippen molar-refractivity contribution < 1.29 is 9.53 Å². The summed E-state index contributed by atoms with van der Waals surface area (Å²) in [5.74, 6) is 1.10. The number of nitrogens with one attached hydrogen (secondary N) is 1. The lowest BCUT2D eigenvalue weighted by Crippen LogP contribution is -2.50. The van der Waals surface area contributed by atoms with Crippen LogP contribution in [0.3, 0.4) is 0 Å². The summed E-state index contributed by atoms with van der Waals surface area (Å²) >= 11 is 0. The highest BCUT2D eigenvalue weighted by Crippen LogP contribution is 2.21. The third-order valence-corrected chi connectivity index (χ3v) is 4.28. The molecule has 124 valence electrons. The van der Waals surface area contributed by atoms with E-state index in [1.165, 1.54) is 26.4 Å². The van der Waals surface area contributed by atoms with E-state index in [1.807, 2.05) is 0 Å². The third kappa shape index (κ3) is 7.82. The summed E-state index contributed by atoms with van der Waals surface area (Å²) in [5, 5.41) is 3.69. The van der Waals surface area contributed by atoms with Crippen LogP contribution >= 0.6 is 0 Å². The lowest BCUT2D eigenvalue weighted by molar-refractivity contribution is -0.142. The van der Waals surface area contributed by atoms with Crippen molar-refractivity contribution in [1.29, 1.82) is 0 Å². The number of esters is 1. The topological polar surface area (TPSA) is 41.6 Å². The van der Waals surface area contributed by atoms with E-state index < -0.39 is 0 Å². The van der Waals surface area contributed by atoms with E-state index in [9.17, 15) is 4.79 Å². The van der Waals surface area contributed by atoms with Crippen LogP contribution < -0.4 is 5.32 Å². The number of hydrogen-bond acceptors (Lipinski definition) is 4. The van der Waals surface area contributed by atoms with Gasteiger partial charge in [-0.15, -0.1) is 0 Å². The number of rotatable bonds is 9. The summed E-state index contributed by atoms with van der Waals surface area (Å²) < 4.78 is 4.84. The van der Waals surface area contributed by atoms with Gasteiger partial charge in [-0.3, -0.25) is 4.79 Å². The van der Waals surface area contributed by atoms with Gasteiger partial charge < -0.3 is 15.0 Å². The number of hydrogen-bond donors (Lipinski definition) is 1. The highest BCUT2D eigenvalue weighted by Gasteiger charge is 2.28. The molecule has 0 radical (unpaired) electrons. The van der Waals surface area contributed by atoms with E-state index in [1.54, 1.807) is 0 Å². The first kappa shape index (κ1) is 18.4. The third-order valence-electron chi connectivity index (χ3n) is 4.28. The SMILES string of the molecule is CCCCN1CC(CC(=O)OC)CC(NCCC(C)C)C1. The van der Waals surface area contributed by atoms with Crippen LogP contribution in [0.4, 0.5) is 0 Å². The van der Waals surface area contributed by atoms with Crippen LogP contribution in [0, 0.1) is 11.8 Å². The van der Waals surface area contributed by atoms with E-state index >= 15 is 0 Å². The molecular weight excluding hydrogens is 264 g/mol. The number of carbonyl (C=O) groups is 1. The Labute approximate surface area is 130 Å². The Bertz CT molecular complexity index is 295. The summed E-state index contributed by atoms with van der Waals surface area (Å²) in [4.78, 5) is 14.1. The molecule has 1 aliphatic heterocycles. The molecule has 2 atom stereocenters. The fourth-order valence-corrected chi connectivity index (χ4v) is 3.06. The van der Waals surface area contributed by atoms with Crippen LogP contribution in [0.1, 0.15) is 52.9 Å². The molecule has 4 nitrogen and oxygen atoms in total. The Morgan fingerprint density at radius 3 is 2.76 bits per heavy atom. The van der Waals surface area contributed by atoms with Crippen molar-refractivity contribution in [2.45, 2.75) is 58.9 Å². The lowest BCUT2D eigenvalue weighted by atomic mass is 9.91. The largest absolute Gasteiger partial charge is 0.469 e. The Morgan fingerprint density at radius 2 is 2.14 bits per heavy atom. The highest BCUT2D eigenvalue weighted by atomic mass is 16.5. The van der Waals surface area contributed by atoms with Crippen LogP contribution in [0.5, 0.6) is 0 Å². The number of likely N-dealkylation sites (tertiary alicyclic amines) is 1. The summed E-state index contributed by atoms with van der Waals surface area (Å²) in [5.41, 5.74) is 0. The first-order chi connectivity index (χ1) is 10.0. The van der Waals surface area contributed by atoms with Gasteiger partial charge in [0.2, 0.25) is 0 Å². The maximum absolute atomic E-state index is 11.5. The maximum atomic E-state index is 11.5. The second-order valence-corrected chi connectivity index (χ2v) is 6.83. The maximum Gasteiger partial charge on any atom is 0.305 e. The Morgan fingerprint density at radius 1 is 1.38 bits per heavy atom. The van der Waals surface area contributed by atoms with Gasteiger partial charge in [0.1, 0.15) is 0 Å². The van der Waals surface area contributed by atoms with E-state index in [4.69, 9.17) is 4.74 Å². The second-order valence-electron chi connectivity index (χ2n) is 6.83. The number of ether oxygens (including phenoxy) is 1. The van der Waals surface area contributed by atoms with Crippen molar-refractivity contribution >= 4 is 5.97 Å². The van der Waals surface area contributed by atoms with Gasteiger partial charge in [0.15, 0.2) is 0 Å². The van der Waals surface area contributed by atoms with E-state index in [-0.39, 0.29) is 5.97 Å². The summed E-state index contributed by atoms with van der Waals surface area (Å²) in [6.07, 6.45) is 5.33. The van der Waals surface area contributed by atoms with Crippen molar-refractivity contribution in [3.05, 3.63) is 0 Å². The zero-order valence-electron chi connectivity index (χ0n) is 14.4. The molecule has 0 aromatic rings. The molecular formula is C17H34N2O2. The second kappa shape index (κ2) is 10.2. The molecule has 1 heterocycles. The smallest absolute Gasteiger partial charge is 0.305 e. The summed E-state index contributed by atoms with van der Waals surface area (Å²) in [7, 11) is 1.48. The van der Waals surface area contributed by atoms with Gasteiger partial charge >= 0.3 is 5.97 Å².